The molecule has 0 rings (SSSR count). The van der Waals surface area contributed by atoms with E-state index in [9.17, 15) is 9.90 Å². The second-order valence-corrected chi connectivity index (χ2v) is 5.08. The number of carboxylic acid groups (broad SMARTS) is 1. The van der Waals surface area contributed by atoms with Crippen molar-refractivity contribution in [1.82, 2.24) is 0 Å². The van der Waals surface area contributed by atoms with Crippen LogP contribution in [-0.4, -0.2) is 17.7 Å². The Morgan fingerprint density at radius 2 is 1.27 bits per heavy atom. The zero-order valence-electron chi connectivity index (χ0n) is 14.0. The predicted molar refractivity (Wildman–Crippen MR) is 85.7 cm³/mol. The predicted octanol–water partition coefficient (Wildman–Crippen LogP) is 0.302. The zero-order valence-corrected chi connectivity index (χ0v) is 16.0. The third-order valence-electron chi connectivity index (χ3n) is 3.09. The molecule has 0 spiro atoms. The molecule has 0 atom stereocenters. The molecule has 0 fully saturated rings. The topological polar surface area (TPSA) is 60.4 Å². The minimum Gasteiger partial charge on any atom is -0.550 e. The third-order valence-corrected chi connectivity index (χ3v) is 3.09. The number of carbonyl (C=O) groups excluding carboxylic acids is 1. The van der Waals surface area contributed by atoms with E-state index in [0.29, 0.717) is 0 Å². The summed E-state index contributed by atoms with van der Waals surface area (Å²) in [6, 6.07) is 0. The van der Waals surface area contributed by atoms with Gasteiger partial charge in [-0.1, -0.05) is 55.7 Å². The first-order valence-corrected chi connectivity index (χ1v) is 8.03. The molecule has 0 aliphatic carbocycles. The van der Waals surface area contributed by atoms with Gasteiger partial charge in [0.25, 0.3) is 0 Å². The van der Waals surface area contributed by atoms with Crippen LogP contribution in [0.2, 0.25) is 0 Å². The largest absolute Gasteiger partial charge is 1.00 e. The van der Waals surface area contributed by atoms with E-state index in [1.54, 1.807) is 0 Å². The average molecular weight is 316 g/mol. The smallest absolute Gasteiger partial charge is 0.550 e. The SMILES string of the molecule is O=C([O-])CCCCCCC/C=C\C/C=C\C/C=C\CCO.[Na+]. The number of allylic oxidation sites excluding steroid dienone is 5. The molecule has 3 nitrogen and oxygen atoms in total. The van der Waals surface area contributed by atoms with E-state index >= 15 is 0 Å². The molecular formula is C18H29NaO3. The molecule has 0 bridgehead atoms. The number of rotatable bonds is 14. The van der Waals surface area contributed by atoms with Crippen molar-refractivity contribution in [2.24, 2.45) is 0 Å². The fraction of sp³-hybridized carbons (Fsp3) is 0.611. The molecule has 0 aliphatic rings. The van der Waals surface area contributed by atoms with Crippen molar-refractivity contribution >= 4 is 5.97 Å². The molecule has 0 aromatic carbocycles. The number of hydrogen-bond acceptors (Lipinski definition) is 3. The Labute approximate surface area is 157 Å². The normalized spacial score (nSPS) is 11.5. The van der Waals surface area contributed by atoms with E-state index in [2.05, 4.69) is 30.4 Å². The van der Waals surface area contributed by atoms with Gasteiger partial charge in [-0.25, -0.2) is 0 Å². The Morgan fingerprint density at radius 3 is 1.86 bits per heavy atom. The van der Waals surface area contributed by atoms with E-state index in [0.717, 1.165) is 44.9 Å². The Balaban J connectivity index is 0. The first-order chi connectivity index (χ1) is 10.3. The molecule has 0 saturated carbocycles. The van der Waals surface area contributed by atoms with E-state index in [4.69, 9.17) is 5.11 Å². The monoisotopic (exact) mass is 316 g/mol. The number of aliphatic hydroxyl groups excluding tert-OH is 1. The molecule has 0 aromatic rings. The Morgan fingerprint density at radius 1 is 0.773 bits per heavy atom. The first kappa shape index (κ1) is 23.9. The summed E-state index contributed by atoms with van der Waals surface area (Å²) < 4.78 is 0. The van der Waals surface area contributed by atoms with Crippen molar-refractivity contribution in [3.63, 3.8) is 0 Å². The van der Waals surface area contributed by atoms with Gasteiger partial charge in [0.2, 0.25) is 0 Å². The van der Waals surface area contributed by atoms with Crippen molar-refractivity contribution in [1.29, 1.82) is 0 Å². The van der Waals surface area contributed by atoms with Crippen LogP contribution in [0.5, 0.6) is 0 Å². The van der Waals surface area contributed by atoms with Crippen molar-refractivity contribution in [2.75, 3.05) is 6.61 Å². The van der Waals surface area contributed by atoms with Crippen LogP contribution in [0.15, 0.2) is 36.5 Å². The van der Waals surface area contributed by atoms with Crippen LogP contribution in [0.3, 0.4) is 0 Å². The first-order valence-electron chi connectivity index (χ1n) is 8.03. The molecule has 120 valence electrons. The summed E-state index contributed by atoms with van der Waals surface area (Å²) >= 11 is 0. The maximum Gasteiger partial charge on any atom is 1.00 e. The summed E-state index contributed by atoms with van der Waals surface area (Å²) in [5.74, 6) is -0.935. The molecule has 0 aromatic heterocycles. The summed E-state index contributed by atoms with van der Waals surface area (Å²) in [5, 5.41) is 18.8. The Kier molecular flexibility index (Phi) is 22.4. The van der Waals surface area contributed by atoms with Crippen LogP contribution in [-0.2, 0) is 4.79 Å². The molecule has 4 heteroatoms. The average Bonchev–Trinajstić information content (AvgIpc) is 2.46. The molecule has 1 N–H and O–H groups in total. The van der Waals surface area contributed by atoms with Gasteiger partial charge in [-0.2, -0.15) is 0 Å². The van der Waals surface area contributed by atoms with E-state index in [1.807, 2.05) is 6.08 Å². The van der Waals surface area contributed by atoms with Crippen LogP contribution in [0.1, 0.15) is 64.2 Å². The molecule has 0 aliphatic heterocycles. The van der Waals surface area contributed by atoms with Gasteiger partial charge < -0.3 is 15.0 Å². The zero-order chi connectivity index (χ0) is 15.6. The van der Waals surface area contributed by atoms with Crippen LogP contribution in [0.4, 0.5) is 0 Å². The van der Waals surface area contributed by atoms with Crippen LogP contribution in [0, 0.1) is 0 Å². The summed E-state index contributed by atoms with van der Waals surface area (Å²) in [6.45, 7) is 0.222. The summed E-state index contributed by atoms with van der Waals surface area (Å²) in [6.07, 6.45) is 21.9. The number of carboxylic acids is 1. The minimum atomic E-state index is -0.935. The van der Waals surface area contributed by atoms with Crippen molar-refractivity contribution < 1.29 is 44.6 Å². The van der Waals surface area contributed by atoms with Crippen molar-refractivity contribution in [3.8, 4) is 0 Å². The second kappa shape index (κ2) is 20.6. The van der Waals surface area contributed by atoms with Gasteiger partial charge in [0.05, 0.1) is 0 Å². The van der Waals surface area contributed by atoms with E-state index < -0.39 is 5.97 Å². The van der Waals surface area contributed by atoms with Gasteiger partial charge in [-0.3, -0.25) is 0 Å². The van der Waals surface area contributed by atoms with Crippen molar-refractivity contribution in [2.45, 2.75) is 64.2 Å². The second-order valence-electron chi connectivity index (χ2n) is 5.08. The molecule has 0 unspecified atom stereocenters. The minimum absolute atomic E-state index is 0. The van der Waals surface area contributed by atoms with Crippen molar-refractivity contribution in [3.05, 3.63) is 36.5 Å². The summed E-state index contributed by atoms with van der Waals surface area (Å²) in [5.41, 5.74) is 0. The number of aliphatic carboxylic acids is 1. The molecule has 0 saturated heterocycles. The number of carbonyl (C=O) groups is 1. The number of unbranched alkanes of at least 4 members (excludes halogenated alkanes) is 5. The maximum atomic E-state index is 10.2. The molecular weight excluding hydrogens is 287 g/mol. The maximum absolute atomic E-state index is 10.2. The quantitative estimate of drug-likeness (QED) is 0.285. The standard InChI is InChI=1S/C18H30O3.Na/c19-17-15-13-11-9-7-5-3-1-2-4-6-8-10-12-14-16-18(20)21;/h1-2,5,7,11,13,19H,3-4,6,8-10,12,14-17H2,(H,20,21);/q;+1/p-1/b2-1-,7-5-,13-11-;. The number of hydrogen-bond donors (Lipinski definition) is 1. The van der Waals surface area contributed by atoms with Gasteiger partial charge in [0.15, 0.2) is 0 Å². The van der Waals surface area contributed by atoms with Crippen LogP contribution in [0.25, 0.3) is 0 Å². The van der Waals surface area contributed by atoms with Gasteiger partial charge in [-0.05, 0) is 44.9 Å². The number of aliphatic hydroxyl groups is 1. The molecule has 22 heavy (non-hydrogen) atoms. The fourth-order valence-electron chi connectivity index (χ4n) is 1.91. The van der Waals surface area contributed by atoms with Gasteiger partial charge in [-0.15, -0.1) is 0 Å². The van der Waals surface area contributed by atoms with E-state index in [-0.39, 0.29) is 42.6 Å². The summed E-state index contributed by atoms with van der Waals surface area (Å²) in [4.78, 5) is 10.2. The third kappa shape index (κ3) is 21.9. The fourth-order valence-corrected chi connectivity index (χ4v) is 1.91. The Hall–Kier alpha value is -0.350. The Bertz CT molecular complexity index is 322. The van der Waals surface area contributed by atoms with Gasteiger partial charge >= 0.3 is 29.6 Å². The molecule has 0 amide bonds. The van der Waals surface area contributed by atoms with Gasteiger partial charge in [0, 0.05) is 12.6 Å². The molecule has 0 radical (unpaired) electrons. The van der Waals surface area contributed by atoms with Crippen LogP contribution >= 0.6 is 0 Å². The summed E-state index contributed by atoms with van der Waals surface area (Å²) in [7, 11) is 0. The van der Waals surface area contributed by atoms with E-state index in [1.165, 1.54) is 12.8 Å². The molecule has 0 heterocycles. The van der Waals surface area contributed by atoms with Gasteiger partial charge in [0.1, 0.15) is 0 Å². The van der Waals surface area contributed by atoms with Crippen LogP contribution < -0.4 is 34.7 Å².